The number of furan rings is 1. The molecular formula is C17H21F4N3O3. The van der Waals surface area contributed by atoms with Gasteiger partial charge in [-0.25, -0.2) is 17.6 Å². The zero-order valence-electron chi connectivity index (χ0n) is 14.9. The number of amides is 1. The highest BCUT2D eigenvalue weighted by Gasteiger charge is 2.22. The van der Waals surface area contributed by atoms with Crippen LogP contribution >= 0.6 is 0 Å². The Morgan fingerprint density at radius 1 is 1.26 bits per heavy atom. The second kappa shape index (κ2) is 9.54. The molecule has 0 aliphatic heterocycles. The molecule has 2 heterocycles. The Kier molecular flexibility index (Phi) is 7.40. The quantitative estimate of drug-likeness (QED) is 0.492. The smallest absolute Gasteiger partial charge is 0.286 e. The number of rotatable bonds is 10. The first-order valence-corrected chi connectivity index (χ1v) is 8.40. The molecule has 1 amide bonds. The van der Waals surface area contributed by atoms with E-state index in [-0.39, 0.29) is 24.2 Å². The van der Waals surface area contributed by atoms with Crippen molar-refractivity contribution in [1.82, 2.24) is 15.1 Å². The molecule has 0 fully saturated rings. The SMILES string of the molecule is CC(C)OCCCNC(=O)c1ccc(Cn2nc(C(F)F)cc2C(F)F)o1. The molecule has 0 aromatic carbocycles. The summed E-state index contributed by atoms with van der Waals surface area (Å²) in [6, 6.07) is 3.45. The maximum absolute atomic E-state index is 13.0. The second-order valence-electron chi connectivity index (χ2n) is 6.05. The van der Waals surface area contributed by atoms with E-state index in [1.54, 1.807) is 0 Å². The van der Waals surface area contributed by atoms with Crippen molar-refractivity contribution in [2.45, 2.75) is 45.8 Å². The van der Waals surface area contributed by atoms with Gasteiger partial charge >= 0.3 is 0 Å². The van der Waals surface area contributed by atoms with Gasteiger partial charge in [-0.1, -0.05) is 0 Å². The Morgan fingerprint density at radius 3 is 2.63 bits per heavy atom. The zero-order valence-corrected chi connectivity index (χ0v) is 14.9. The summed E-state index contributed by atoms with van der Waals surface area (Å²) in [7, 11) is 0. The summed E-state index contributed by atoms with van der Waals surface area (Å²) in [4.78, 5) is 12.0. The maximum atomic E-state index is 13.0. The summed E-state index contributed by atoms with van der Waals surface area (Å²) in [5.41, 5.74) is -1.38. The van der Waals surface area contributed by atoms with Crippen molar-refractivity contribution in [1.29, 1.82) is 0 Å². The van der Waals surface area contributed by atoms with Gasteiger partial charge in [0.05, 0.1) is 12.6 Å². The molecule has 0 saturated carbocycles. The Hall–Kier alpha value is -2.36. The summed E-state index contributed by atoms with van der Waals surface area (Å²) in [5.74, 6) is -0.322. The van der Waals surface area contributed by atoms with E-state index < -0.39 is 30.1 Å². The van der Waals surface area contributed by atoms with Crippen molar-refractivity contribution in [2.24, 2.45) is 0 Å². The summed E-state index contributed by atoms with van der Waals surface area (Å²) >= 11 is 0. The highest BCUT2D eigenvalue weighted by atomic mass is 19.3. The maximum Gasteiger partial charge on any atom is 0.286 e. The molecule has 0 spiro atoms. The van der Waals surface area contributed by atoms with Crippen LogP contribution in [0.15, 0.2) is 22.6 Å². The summed E-state index contributed by atoms with van der Waals surface area (Å²) in [6.07, 6.45) is -5.18. The van der Waals surface area contributed by atoms with E-state index in [1.807, 2.05) is 13.8 Å². The number of nitrogens with one attached hydrogen (secondary N) is 1. The molecule has 10 heteroatoms. The Morgan fingerprint density at radius 2 is 2.00 bits per heavy atom. The van der Waals surface area contributed by atoms with Crippen LogP contribution in [0.25, 0.3) is 0 Å². The van der Waals surface area contributed by atoms with Crippen LogP contribution in [0.3, 0.4) is 0 Å². The number of hydrogen-bond donors (Lipinski definition) is 1. The van der Waals surface area contributed by atoms with Crippen LogP contribution in [-0.2, 0) is 11.3 Å². The molecule has 150 valence electrons. The fourth-order valence-corrected chi connectivity index (χ4v) is 2.27. The minimum Gasteiger partial charge on any atom is -0.454 e. The van der Waals surface area contributed by atoms with Gasteiger partial charge in [-0.05, 0) is 38.5 Å². The predicted octanol–water partition coefficient (Wildman–Crippen LogP) is 3.94. The van der Waals surface area contributed by atoms with Crippen molar-refractivity contribution < 1.29 is 31.5 Å². The van der Waals surface area contributed by atoms with Gasteiger partial charge in [0, 0.05) is 13.2 Å². The number of nitrogens with zero attached hydrogens (tertiary/aromatic N) is 2. The largest absolute Gasteiger partial charge is 0.454 e. The number of carbonyl (C=O) groups is 1. The molecule has 0 atom stereocenters. The lowest BCUT2D eigenvalue weighted by Crippen LogP contribution is -2.25. The van der Waals surface area contributed by atoms with Crippen LogP contribution < -0.4 is 5.32 Å². The van der Waals surface area contributed by atoms with E-state index in [2.05, 4.69) is 10.4 Å². The molecular weight excluding hydrogens is 370 g/mol. The van der Waals surface area contributed by atoms with Crippen molar-refractivity contribution >= 4 is 5.91 Å². The monoisotopic (exact) mass is 391 g/mol. The van der Waals surface area contributed by atoms with Crippen molar-refractivity contribution in [2.75, 3.05) is 13.2 Å². The lowest BCUT2D eigenvalue weighted by Gasteiger charge is -2.07. The van der Waals surface area contributed by atoms with Gasteiger partial charge in [0.15, 0.2) is 5.76 Å². The molecule has 0 aliphatic rings. The fourth-order valence-electron chi connectivity index (χ4n) is 2.27. The van der Waals surface area contributed by atoms with E-state index >= 15 is 0 Å². The van der Waals surface area contributed by atoms with Crippen molar-refractivity contribution in [3.05, 3.63) is 41.1 Å². The second-order valence-corrected chi connectivity index (χ2v) is 6.05. The third-order valence-electron chi connectivity index (χ3n) is 3.53. The lowest BCUT2D eigenvalue weighted by atomic mass is 10.3. The third-order valence-corrected chi connectivity index (χ3v) is 3.53. The van der Waals surface area contributed by atoms with Crippen LogP contribution in [0.2, 0.25) is 0 Å². The molecule has 0 saturated heterocycles. The Balaban J connectivity index is 1.95. The molecule has 0 unspecified atom stereocenters. The van der Waals surface area contributed by atoms with Gasteiger partial charge in [0.1, 0.15) is 17.1 Å². The van der Waals surface area contributed by atoms with Gasteiger partial charge in [-0.3, -0.25) is 9.48 Å². The third kappa shape index (κ3) is 6.09. The van der Waals surface area contributed by atoms with Crippen LogP contribution in [0.5, 0.6) is 0 Å². The number of ether oxygens (including phenoxy) is 1. The molecule has 1 N–H and O–H groups in total. The van der Waals surface area contributed by atoms with E-state index in [4.69, 9.17) is 9.15 Å². The van der Waals surface area contributed by atoms with Gasteiger partial charge in [-0.15, -0.1) is 0 Å². The molecule has 6 nitrogen and oxygen atoms in total. The first kappa shape index (κ1) is 20.9. The van der Waals surface area contributed by atoms with Crippen molar-refractivity contribution in [3.63, 3.8) is 0 Å². The highest BCUT2D eigenvalue weighted by molar-refractivity contribution is 5.91. The molecule has 0 aliphatic carbocycles. The van der Waals surface area contributed by atoms with Crippen LogP contribution in [0, 0.1) is 0 Å². The zero-order chi connectivity index (χ0) is 20.0. The van der Waals surface area contributed by atoms with E-state index in [1.165, 1.54) is 12.1 Å². The summed E-state index contributed by atoms with van der Waals surface area (Å²) in [6.45, 7) is 4.41. The average Bonchev–Trinajstić information content (AvgIpc) is 3.21. The fraction of sp³-hybridized carbons (Fsp3) is 0.529. The first-order valence-electron chi connectivity index (χ1n) is 8.40. The highest BCUT2D eigenvalue weighted by Crippen LogP contribution is 2.25. The van der Waals surface area contributed by atoms with E-state index in [9.17, 15) is 22.4 Å². The lowest BCUT2D eigenvalue weighted by molar-refractivity contribution is 0.0753. The Labute approximate surface area is 153 Å². The topological polar surface area (TPSA) is 69.3 Å². The summed E-state index contributed by atoms with van der Waals surface area (Å²) in [5, 5.41) is 6.12. The van der Waals surface area contributed by atoms with Gasteiger partial charge in [-0.2, -0.15) is 5.10 Å². The van der Waals surface area contributed by atoms with Gasteiger partial charge < -0.3 is 14.5 Å². The van der Waals surface area contributed by atoms with Crippen molar-refractivity contribution in [3.8, 4) is 0 Å². The molecule has 2 rings (SSSR count). The first-order chi connectivity index (χ1) is 12.8. The van der Waals surface area contributed by atoms with Crippen LogP contribution in [0.1, 0.15) is 60.8 Å². The Bertz CT molecular complexity index is 744. The molecule has 0 radical (unpaired) electrons. The van der Waals surface area contributed by atoms with Gasteiger partial charge in [0.25, 0.3) is 18.8 Å². The predicted molar refractivity (Wildman–Crippen MR) is 88.0 cm³/mol. The van der Waals surface area contributed by atoms with E-state index in [0.29, 0.717) is 25.6 Å². The normalized spacial score (nSPS) is 11.7. The van der Waals surface area contributed by atoms with Crippen LogP contribution in [-0.4, -0.2) is 34.9 Å². The molecule has 2 aromatic rings. The molecule has 27 heavy (non-hydrogen) atoms. The molecule has 2 aromatic heterocycles. The van der Waals surface area contributed by atoms with Crippen LogP contribution in [0.4, 0.5) is 17.6 Å². The number of carbonyl (C=O) groups excluding carboxylic acids is 1. The van der Waals surface area contributed by atoms with E-state index in [0.717, 1.165) is 4.68 Å². The standard InChI is InChI=1S/C17H21F4N3O3/c1-10(2)26-7-3-6-22-17(25)14-5-4-11(27-14)9-24-13(16(20)21)8-12(23-24)15(18)19/h4-5,8,10,15-16H,3,6-7,9H2,1-2H3,(H,22,25). The average molecular weight is 391 g/mol. The van der Waals surface area contributed by atoms with Gasteiger partial charge in [0.2, 0.25) is 0 Å². The minimum absolute atomic E-state index is 0.00499. The minimum atomic E-state index is -2.96. The number of aromatic nitrogens is 2. The summed E-state index contributed by atoms with van der Waals surface area (Å²) < 4.78 is 62.7. The number of halogens is 4. The number of hydrogen-bond acceptors (Lipinski definition) is 4. The molecule has 0 bridgehead atoms. The number of alkyl halides is 4.